The standard InChI is InChI=1S/C12H9NO2S/c14-7-1-3-9-11(5-7)16-12-6-8(15)2-4-10(12)13-9/h1-6,13-15H. The average Bonchev–Trinajstić information content (AvgIpc) is 2.26. The van der Waals surface area contributed by atoms with Crippen LogP contribution in [0.25, 0.3) is 0 Å². The van der Waals surface area contributed by atoms with Crippen molar-refractivity contribution in [3.63, 3.8) is 0 Å². The number of aromatic hydroxyl groups is 2. The van der Waals surface area contributed by atoms with Crippen LogP contribution in [-0.4, -0.2) is 10.2 Å². The van der Waals surface area contributed by atoms with Crippen LogP contribution in [0.3, 0.4) is 0 Å². The SMILES string of the molecule is Oc1ccc2c(c1)Sc1cc(O)ccc1N2. The van der Waals surface area contributed by atoms with E-state index in [9.17, 15) is 10.2 Å². The highest BCUT2D eigenvalue weighted by Gasteiger charge is 2.16. The molecule has 1 aliphatic heterocycles. The highest BCUT2D eigenvalue weighted by atomic mass is 32.2. The van der Waals surface area contributed by atoms with Crippen molar-refractivity contribution in [1.29, 1.82) is 0 Å². The normalized spacial score (nSPS) is 12.5. The Balaban J connectivity index is 2.10. The van der Waals surface area contributed by atoms with Crippen molar-refractivity contribution in [2.75, 3.05) is 5.32 Å². The van der Waals surface area contributed by atoms with Crippen LogP contribution in [0.5, 0.6) is 11.5 Å². The molecule has 0 fully saturated rings. The molecule has 0 aromatic heterocycles. The molecule has 0 aliphatic carbocycles. The summed E-state index contributed by atoms with van der Waals surface area (Å²) in [4.78, 5) is 1.91. The molecule has 0 spiro atoms. The lowest BCUT2D eigenvalue weighted by molar-refractivity contribution is 0.474. The minimum Gasteiger partial charge on any atom is -0.508 e. The molecule has 16 heavy (non-hydrogen) atoms. The van der Waals surface area contributed by atoms with Crippen molar-refractivity contribution in [2.24, 2.45) is 0 Å². The predicted molar refractivity (Wildman–Crippen MR) is 63.6 cm³/mol. The summed E-state index contributed by atoms with van der Waals surface area (Å²) in [6, 6.07) is 10.4. The first-order chi connectivity index (χ1) is 7.72. The summed E-state index contributed by atoms with van der Waals surface area (Å²) in [7, 11) is 0. The number of benzene rings is 2. The molecule has 0 bridgehead atoms. The molecule has 3 nitrogen and oxygen atoms in total. The Kier molecular flexibility index (Phi) is 1.97. The van der Waals surface area contributed by atoms with E-state index in [4.69, 9.17) is 0 Å². The summed E-state index contributed by atoms with van der Waals surface area (Å²) < 4.78 is 0. The van der Waals surface area contributed by atoms with E-state index in [1.54, 1.807) is 24.3 Å². The highest BCUT2D eigenvalue weighted by Crippen LogP contribution is 2.46. The summed E-state index contributed by atoms with van der Waals surface area (Å²) in [5.74, 6) is 0.494. The third-order valence-electron chi connectivity index (χ3n) is 2.42. The zero-order valence-electron chi connectivity index (χ0n) is 8.27. The van der Waals surface area contributed by atoms with Crippen LogP contribution in [0, 0.1) is 0 Å². The number of fused-ring (bicyclic) bond motifs is 2. The van der Waals surface area contributed by atoms with Crippen LogP contribution >= 0.6 is 11.8 Å². The van der Waals surface area contributed by atoms with Gasteiger partial charge in [-0.2, -0.15) is 0 Å². The van der Waals surface area contributed by atoms with Crippen LogP contribution in [-0.2, 0) is 0 Å². The average molecular weight is 231 g/mol. The van der Waals surface area contributed by atoms with Crippen molar-refractivity contribution < 1.29 is 10.2 Å². The van der Waals surface area contributed by atoms with Gasteiger partial charge in [0.25, 0.3) is 0 Å². The monoisotopic (exact) mass is 231 g/mol. The van der Waals surface area contributed by atoms with Gasteiger partial charge in [-0.1, -0.05) is 11.8 Å². The molecule has 0 amide bonds. The van der Waals surface area contributed by atoms with Gasteiger partial charge < -0.3 is 15.5 Å². The van der Waals surface area contributed by atoms with E-state index in [1.165, 1.54) is 11.8 Å². The van der Waals surface area contributed by atoms with Gasteiger partial charge in [0, 0.05) is 9.79 Å². The number of hydrogen-bond acceptors (Lipinski definition) is 4. The summed E-state index contributed by atoms with van der Waals surface area (Å²) >= 11 is 1.53. The Labute approximate surface area is 96.7 Å². The van der Waals surface area contributed by atoms with Crippen LogP contribution < -0.4 is 5.32 Å². The highest BCUT2D eigenvalue weighted by molar-refractivity contribution is 7.99. The molecule has 0 radical (unpaired) electrons. The van der Waals surface area contributed by atoms with Gasteiger partial charge in [0.1, 0.15) is 11.5 Å². The lowest BCUT2D eigenvalue weighted by atomic mass is 10.2. The third-order valence-corrected chi connectivity index (χ3v) is 3.53. The quantitative estimate of drug-likeness (QED) is 0.519. The van der Waals surface area contributed by atoms with E-state index >= 15 is 0 Å². The molecule has 0 saturated carbocycles. The molecule has 0 unspecified atom stereocenters. The van der Waals surface area contributed by atoms with Gasteiger partial charge in [0.2, 0.25) is 0 Å². The Morgan fingerprint density at radius 2 is 1.31 bits per heavy atom. The van der Waals surface area contributed by atoms with Crippen molar-refractivity contribution >= 4 is 23.1 Å². The zero-order chi connectivity index (χ0) is 11.1. The molecule has 3 rings (SSSR count). The number of hydrogen-bond donors (Lipinski definition) is 3. The summed E-state index contributed by atoms with van der Waals surface area (Å²) in [5.41, 5.74) is 1.95. The molecule has 1 aliphatic rings. The lowest BCUT2D eigenvalue weighted by Gasteiger charge is -2.20. The van der Waals surface area contributed by atoms with E-state index in [2.05, 4.69) is 5.32 Å². The molecule has 0 saturated heterocycles. The van der Waals surface area contributed by atoms with Crippen molar-refractivity contribution in [1.82, 2.24) is 0 Å². The molecule has 4 heteroatoms. The van der Waals surface area contributed by atoms with E-state index in [1.807, 2.05) is 12.1 Å². The molecule has 2 aromatic carbocycles. The summed E-state index contributed by atoms with van der Waals surface area (Å²) in [6.07, 6.45) is 0. The fourth-order valence-corrected chi connectivity index (χ4v) is 2.72. The van der Waals surface area contributed by atoms with Crippen LogP contribution in [0.15, 0.2) is 46.2 Å². The maximum absolute atomic E-state index is 9.40. The third kappa shape index (κ3) is 1.47. The minimum atomic E-state index is 0.247. The number of phenols is 2. The number of rotatable bonds is 0. The maximum Gasteiger partial charge on any atom is 0.116 e. The number of anilines is 2. The lowest BCUT2D eigenvalue weighted by Crippen LogP contribution is -1.98. The topological polar surface area (TPSA) is 52.5 Å². The summed E-state index contributed by atoms with van der Waals surface area (Å²) in [5, 5.41) is 22.1. The Morgan fingerprint density at radius 1 is 0.812 bits per heavy atom. The van der Waals surface area contributed by atoms with Gasteiger partial charge in [-0.15, -0.1) is 0 Å². The second-order valence-electron chi connectivity index (χ2n) is 3.59. The molecule has 80 valence electrons. The molecule has 0 atom stereocenters. The van der Waals surface area contributed by atoms with Crippen LogP contribution in [0.1, 0.15) is 0 Å². The molecule has 2 aromatic rings. The smallest absolute Gasteiger partial charge is 0.116 e. The van der Waals surface area contributed by atoms with Crippen LogP contribution in [0.4, 0.5) is 11.4 Å². The van der Waals surface area contributed by atoms with Gasteiger partial charge in [0.05, 0.1) is 11.4 Å². The maximum atomic E-state index is 9.40. The Bertz CT molecular complexity index is 519. The minimum absolute atomic E-state index is 0.247. The van der Waals surface area contributed by atoms with Gasteiger partial charge in [-0.3, -0.25) is 0 Å². The van der Waals surface area contributed by atoms with E-state index in [0.717, 1.165) is 21.2 Å². The largest absolute Gasteiger partial charge is 0.508 e. The van der Waals surface area contributed by atoms with Gasteiger partial charge in [0.15, 0.2) is 0 Å². The fraction of sp³-hybridized carbons (Fsp3) is 0. The molecular weight excluding hydrogens is 222 g/mol. The Morgan fingerprint density at radius 3 is 1.81 bits per heavy atom. The first kappa shape index (κ1) is 9.42. The molecule has 3 N–H and O–H groups in total. The second-order valence-corrected chi connectivity index (χ2v) is 4.67. The summed E-state index contributed by atoms with van der Waals surface area (Å²) in [6.45, 7) is 0. The van der Waals surface area contributed by atoms with Gasteiger partial charge in [-0.05, 0) is 36.4 Å². The predicted octanol–water partition coefficient (Wildman–Crippen LogP) is 3.31. The van der Waals surface area contributed by atoms with Crippen molar-refractivity contribution in [3.8, 4) is 11.5 Å². The molecule has 1 heterocycles. The van der Waals surface area contributed by atoms with Crippen LogP contribution in [0.2, 0.25) is 0 Å². The van der Waals surface area contributed by atoms with E-state index < -0.39 is 0 Å². The molecular formula is C12H9NO2S. The fourth-order valence-electron chi connectivity index (χ4n) is 1.66. The van der Waals surface area contributed by atoms with E-state index in [0.29, 0.717) is 0 Å². The van der Waals surface area contributed by atoms with Crippen molar-refractivity contribution in [3.05, 3.63) is 36.4 Å². The van der Waals surface area contributed by atoms with Crippen molar-refractivity contribution in [2.45, 2.75) is 9.79 Å². The first-order valence-electron chi connectivity index (χ1n) is 4.83. The number of nitrogens with one attached hydrogen (secondary N) is 1. The van der Waals surface area contributed by atoms with Gasteiger partial charge in [-0.25, -0.2) is 0 Å². The first-order valence-corrected chi connectivity index (χ1v) is 5.65. The van der Waals surface area contributed by atoms with Gasteiger partial charge >= 0.3 is 0 Å². The zero-order valence-corrected chi connectivity index (χ0v) is 9.08. The second kappa shape index (κ2) is 3.35. The Hall–Kier alpha value is -1.81. The van der Waals surface area contributed by atoms with E-state index in [-0.39, 0.29) is 11.5 Å². The number of phenolic OH excluding ortho intramolecular Hbond substituents is 2.